The maximum absolute atomic E-state index is 13.4. The topological polar surface area (TPSA) is 19.0 Å². The van der Waals surface area contributed by atoms with E-state index < -0.39 is 0 Å². The zero-order chi connectivity index (χ0) is 18.8. The standard InChI is InChI=1S/C22H34FN3O/c1-17-13-19(23)4-6-22(17)24-9-7-20(8-10-24)26-15-18-3-5-21(16-26)25(14-18)11-12-27-2/h4,6,13,18,20-21H,3,5,7-12,14-16H2,1-2H3/t18-,21-/m1/s1. The molecule has 1 aromatic rings. The Morgan fingerprint density at radius 3 is 2.59 bits per heavy atom. The Balaban J connectivity index is 1.36. The van der Waals surface area contributed by atoms with Crippen molar-refractivity contribution >= 4 is 5.69 Å². The van der Waals surface area contributed by atoms with Crippen molar-refractivity contribution in [3.05, 3.63) is 29.6 Å². The van der Waals surface area contributed by atoms with Gasteiger partial charge in [-0.3, -0.25) is 9.80 Å². The van der Waals surface area contributed by atoms with Crippen LogP contribution in [0, 0.1) is 18.7 Å². The number of hydrogen-bond donors (Lipinski definition) is 0. The number of fused-ring (bicyclic) bond motifs is 4. The molecule has 0 spiro atoms. The SMILES string of the molecule is COCCN1C[C@H]2CC[C@@H]1CN(C1CCN(c3ccc(F)cc3C)CC1)C2. The summed E-state index contributed by atoms with van der Waals surface area (Å²) in [4.78, 5) is 7.92. The van der Waals surface area contributed by atoms with E-state index in [1.54, 1.807) is 19.2 Å². The molecule has 0 amide bonds. The summed E-state index contributed by atoms with van der Waals surface area (Å²) in [6.07, 6.45) is 5.17. The Morgan fingerprint density at radius 1 is 1.04 bits per heavy atom. The van der Waals surface area contributed by atoms with E-state index in [0.29, 0.717) is 12.1 Å². The predicted octanol–water partition coefficient (Wildman–Crippen LogP) is 3.15. The molecule has 0 N–H and O–H groups in total. The van der Waals surface area contributed by atoms with Gasteiger partial charge in [-0.1, -0.05) is 0 Å². The zero-order valence-electron chi connectivity index (χ0n) is 16.9. The molecule has 4 aliphatic rings. The molecule has 4 fully saturated rings. The van der Waals surface area contributed by atoms with Crippen molar-refractivity contribution in [2.45, 2.75) is 44.7 Å². The first-order valence-electron chi connectivity index (χ1n) is 10.6. The van der Waals surface area contributed by atoms with Crippen LogP contribution in [0.1, 0.15) is 31.2 Å². The number of piperidine rings is 2. The van der Waals surface area contributed by atoms with Crippen LogP contribution in [0.2, 0.25) is 0 Å². The fraction of sp³-hybridized carbons (Fsp3) is 0.727. The lowest BCUT2D eigenvalue weighted by molar-refractivity contribution is 0.0846. The van der Waals surface area contributed by atoms with Crippen LogP contribution in [0.4, 0.5) is 10.1 Å². The van der Waals surface area contributed by atoms with E-state index in [-0.39, 0.29) is 5.82 Å². The second-order valence-corrected chi connectivity index (χ2v) is 8.69. The van der Waals surface area contributed by atoms with Crippen LogP contribution < -0.4 is 4.90 Å². The third-order valence-corrected chi connectivity index (χ3v) is 6.92. The molecular weight excluding hydrogens is 341 g/mol. The quantitative estimate of drug-likeness (QED) is 0.787. The molecule has 5 heteroatoms. The Kier molecular flexibility index (Phi) is 6.00. The van der Waals surface area contributed by atoms with Crippen LogP contribution in [-0.4, -0.2) is 74.9 Å². The Morgan fingerprint density at radius 2 is 1.85 bits per heavy atom. The van der Waals surface area contributed by atoms with Crippen molar-refractivity contribution in [3.8, 4) is 0 Å². The Labute approximate surface area is 163 Å². The first-order chi connectivity index (χ1) is 13.1. The van der Waals surface area contributed by atoms with Gasteiger partial charge in [-0.2, -0.15) is 0 Å². The maximum Gasteiger partial charge on any atom is 0.123 e. The first kappa shape index (κ1) is 19.2. The summed E-state index contributed by atoms with van der Waals surface area (Å²) < 4.78 is 18.7. The Bertz CT molecular complexity index is 632. The van der Waals surface area contributed by atoms with E-state index >= 15 is 0 Å². The second kappa shape index (κ2) is 8.46. The van der Waals surface area contributed by atoms with E-state index in [0.717, 1.165) is 37.7 Å². The van der Waals surface area contributed by atoms with Crippen molar-refractivity contribution in [2.24, 2.45) is 5.92 Å². The third kappa shape index (κ3) is 4.30. The summed E-state index contributed by atoms with van der Waals surface area (Å²) in [6, 6.07) is 6.60. The number of benzene rings is 1. The highest BCUT2D eigenvalue weighted by molar-refractivity contribution is 5.53. The van der Waals surface area contributed by atoms with E-state index in [9.17, 15) is 4.39 Å². The van der Waals surface area contributed by atoms with Gasteiger partial charge < -0.3 is 9.64 Å². The molecule has 5 rings (SSSR count). The molecule has 2 bridgehead atoms. The van der Waals surface area contributed by atoms with Crippen LogP contribution in [-0.2, 0) is 4.74 Å². The number of aryl methyl sites for hydroxylation is 1. The van der Waals surface area contributed by atoms with Crippen LogP contribution in [0.5, 0.6) is 0 Å². The van der Waals surface area contributed by atoms with Gasteiger partial charge in [0.05, 0.1) is 6.61 Å². The number of anilines is 1. The van der Waals surface area contributed by atoms with Crippen LogP contribution in [0.15, 0.2) is 18.2 Å². The molecule has 0 saturated carbocycles. The van der Waals surface area contributed by atoms with Gasteiger partial charge >= 0.3 is 0 Å². The van der Waals surface area contributed by atoms with Gasteiger partial charge in [0.15, 0.2) is 0 Å². The van der Waals surface area contributed by atoms with E-state index in [1.807, 2.05) is 13.0 Å². The smallest absolute Gasteiger partial charge is 0.123 e. The maximum atomic E-state index is 13.4. The first-order valence-corrected chi connectivity index (χ1v) is 10.6. The number of methoxy groups -OCH3 is 1. The molecule has 1 aromatic carbocycles. The molecule has 150 valence electrons. The highest BCUT2D eigenvalue weighted by atomic mass is 19.1. The Hall–Kier alpha value is -1.17. The summed E-state index contributed by atoms with van der Waals surface area (Å²) >= 11 is 0. The highest BCUT2D eigenvalue weighted by Gasteiger charge is 2.37. The lowest BCUT2D eigenvalue weighted by Gasteiger charge is -2.40. The number of halogens is 1. The largest absolute Gasteiger partial charge is 0.383 e. The number of rotatable bonds is 5. The lowest BCUT2D eigenvalue weighted by atomic mass is 9.95. The molecule has 4 nitrogen and oxygen atoms in total. The average Bonchev–Trinajstić information content (AvgIpc) is 2.98. The minimum absolute atomic E-state index is 0.135. The molecule has 27 heavy (non-hydrogen) atoms. The highest BCUT2D eigenvalue weighted by Crippen LogP contribution is 2.32. The molecule has 0 radical (unpaired) electrons. The molecule has 4 saturated heterocycles. The van der Waals surface area contributed by atoms with Crippen molar-refractivity contribution in [3.63, 3.8) is 0 Å². The van der Waals surface area contributed by atoms with Crippen molar-refractivity contribution < 1.29 is 9.13 Å². The zero-order valence-corrected chi connectivity index (χ0v) is 16.9. The van der Waals surface area contributed by atoms with Crippen LogP contribution in [0.25, 0.3) is 0 Å². The van der Waals surface area contributed by atoms with Gasteiger partial charge in [0.2, 0.25) is 0 Å². The normalized spacial score (nSPS) is 27.9. The van der Waals surface area contributed by atoms with Gasteiger partial charge in [-0.15, -0.1) is 0 Å². The van der Waals surface area contributed by atoms with Gasteiger partial charge in [0.25, 0.3) is 0 Å². The molecule has 0 aromatic heterocycles. The molecule has 4 aliphatic heterocycles. The third-order valence-electron chi connectivity index (χ3n) is 6.92. The summed E-state index contributed by atoms with van der Waals surface area (Å²) in [6.45, 7) is 9.84. The lowest BCUT2D eigenvalue weighted by Crippen LogP contribution is -2.48. The fourth-order valence-corrected chi connectivity index (χ4v) is 5.44. The summed E-state index contributed by atoms with van der Waals surface area (Å²) in [5, 5.41) is 0. The molecular formula is C22H34FN3O. The molecule has 0 unspecified atom stereocenters. The van der Waals surface area contributed by atoms with Crippen molar-refractivity contribution in [1.29, 1.82) is 0 Å². The van der Waals surface area contributed by atoms with Gasteiger partial charge in [-0.05, 0) is 62.3 Å². The summed E-state index contributed by atoms with van der Waals surface area (Å²) in [5.41, 5.74) is 2.26. The molecule has 2 atom stereocenters. The fourth-order valence-electron chi connectivity index (χ4n) is 5.44. The minimum atomic E-state index is -0.135. The summed E-state index contributed by atoms with van der Waals surface area (Å²) in [7, 11) is 1.80. The minimum Gasteiger partial charge on any atom is -0.383 e. The number of nitrogens with zero attached hydrogens (tertiary/aromatic N) is 3. The van der Waals surface area contributed by atoms with Gasteiger partial charge in [-0.25, -0.2) is 4.39 Å². The van der Waals surface area contributed by atoms with Crippen molar-refractivity contribution in [2.75, 3.05) is 57.9 Å². The van der Waals surface area contributed by atoms with Gasteiger partial charge in [0.1, 0.15) is 5.82 Å². The number of ether oxygens (including phenoxy) is 1. The number of hydrogen-bond acceptors (Lipinski definition) is 4. The second-order valence-electron chi connectivity index (χ2n) is 8.69. The van der Waals surface area contributed by atoms with E-state index in [1.165, 1.54) is 51.0 Å². The predicted molar refractivity (Wildman–Crippen MR) is 108 cm³/mol. The molecule has 0 aliphatic carbocycles. The summed E-state index contributed by atoms with van der Waals surface area (Å²) in [5.74, 6) is 0.683. The van der Waals surface area contributed by atoms with Gasteiger partial charge in [0, 0.05) is 64.1 Å². The van der Waals surface area contributed by atoms with E-state index in [4.69, 9.17) is 4.74 Å². The van der Waals surface area contributed by atoms with Crippen LogP contribution in [0.3, 0.4) is 0 Å². The average molecular weight is 376 g/mol. The van der Waals surface area contributed by atoms with E-state index in [2.05, 4.69) is 14.7 Å². The van der Waals surface area contributed by atoms with Crippen molar-refractivity contribution in [1.82, 2.24) is 9.80 Å². The molecule has 4 heterocycles. The van der Waals surface area contributed by atoms with Crippen LogP contribution >= 0.6 is 0 Å². The monoisotopic (exact) mass is 375 g/mol.